The van der Waals surface area contributed by atoms with E-state index in [1.165, 1.54) is 0 Å². The maximum atomic E-state index is 12.7. The van der Waals surface area contributed by atoms with Gasteiger partial charge in [-0.25, -0.2) is 0 Å². The molecule has 0 amide bonds. The van der Waals surface area contributed by atoms with Crippen molar-refractivity contribution in [3.8, 4) is 0 Å². The third-order valence-corrected chi connectivity index (χ3v) is 5.19. The van der Waals surface area contributed by atoms with Crippen LogP contribution >= 0.6 is 0 Å². The van der Waals surface area contributed by atoms with Gasteiger partial charge in [0.25, 0.3) is 0 Å². The number of hydrogen-bond acceptors (Lipinski definition) is 5. The minimum absolute atomic E-state index is 0.00102. The molecule has 26 heavy (non-hydrogen) atoms. The number of esters is 1. The lowest BCUT2D eigenvalue weighted by molar-refractivity contribution is -0.171. The molecule has 0 saturated carbocycles. The van der Waals surface area contributed by atoms with Crippen LogP contribution in [0.4, 0.5) is 0 Å². The van der Waals surface area contributed by atoms with Gasteiger partial charge in [-0.05, 0) is 38.2 Å². The Morgan fingerprint density at radius 3 is 2.50 bits per heavy atom. The van der Waals surface area contributed by atoms with Gasteiger partial charge in [0.2, 0.25) is 0 Å². The summed E-state index contributed by atoms with van der Waals surface area (Å²) >= 11 is 0. The minimum atomic E-state index is -0.923. The lowest BCUT2D eigenvalue weighted by Gasteiger charge is -2.35. The van der Waals surface area contributed by atoms with Crippen LogP contribution in [-0.2, 0) is 30.4 Å². The topological polar surface area (TPSA) is 61.8 Å². The van der Waals surface area contributed by atoms with Gasteiger partial charge in [-0.3, -0.25) is 9.59 Å². The summed E-state index contributed by atoms with van der Waals surface area (Å²) in [7, 11) is 0. The second-order valence-electron chi connectivity index (χ2n) is 7.44. The third-order valence-electron chi connectivity index (χ3n) is 5.19. The maximum absolute atomic E-state index is 12.7. The molecular weight excluding hydrogens is 332 g/mol. The van der Waals surface area contributed by atoms with E-state index in [0.717, 1.165) is 5.56 Å². The van der Waals surface area contributed by atoms with Crippen LogP contribution in [0.3, 0.4) is 0 Å². The predicted molar refractivity (Wildman–Crippen MR) is 98.6 cm³/mol. The Bertz CT molecular complexity index is 612. The smallest absolute Gasteiger partial charge is 0.308 e. The molecule has 5 heteroatoms. The van der Waals surface area contributed by atoms with Crippen LogP contribution in [0.25, 0.3) is 0 Å². The lowest BCUT2D eigenvalue weighted by Crippen LogP contribution is -2.45. The predicted octanol–water partition coefficient (Wildman–Crippen LogP) is 3.69. The molecule has 0 aliphatic carbocycles. The molecule has 1 unspecified atom stereocenters. The first kappa shape index (κ1) is 20.6. The number of carbonyl (C=O) groups excluding carboxylic acids is 2. The number of carbonyl (C=O) groups is 2. The van der Waals surface area contributed by atoms with Crippen molar-refractivity contribution in [1.29, 1.82) is 0 Å². The molecule has 0 N–H and O–H groups in total. The van der Waals surface area contributed by atoms with Gasteiger partial charge in [-0.2, -0.15) is 0 Å². The van der Waals surface area contributed by atoms with E-state index in [2.05, 4.69) is 0 Å². The molecule has 5 nitrogen and oxygen atoms in total. The fourth-order valence-corrected chi connectivity index (χ4v) is 3.38. The van der Waals surface area contributed by atoms with Gasteiger partial charge in [-0.1, -0.05) is 44.2 Å². The first-order chi connectivity index (χ1) is 12.3. The summed E-state index contributed by atoms with van der Waals surface area (Å²) in [6, 6.07) is 9.74. The summed E-state index contributed by atoms with van der Waals surface area (Å²) in [4.78, 5) is 24.7. The van der Waals surface area contributed by atoms with Crippen LogP contribution in [0.15, 0.2) is 30.3 Å². The van der Waals surface area contributed by atoms with Gasteiger partial charge < -0.3 is 14.2 Å². The van der Waals surface area contributed by atoms with Gasteiger partial charge in [0.15, 0.2) is 5.78 Å². The molecule has 1 fully saturated rings. The van der Waals surface area contributed by atoms with Crippen molar-refractivity contribution in [2.75, 3.05) is 13.2 Å². The molecule has 0 bridgehead atoms. The monoisotopic (exact) mass is 362 g/mol. The summed E-state index contributed by atoms with van der Waals surface area (Å²) in [6.07, 6.45) is 1.41. The van der Waals surface area contributed by atoms with E-state index in [-0.39, 0.29) is 30.7 Å². The van der Waals surface area contributed by atoms with Crippen LogP contribution in [0.5, 0.6) is 0 Å². The molecular formula is C21H30O5. The molecule has 0 radical (unpaired) electrons. The van der Waals surface area contributed by atoms with Crippen molar-refractivity contribution in [1.82, 2.24) is 0 Å². The highest BCUT2D eigenvalue weighted by Crippen LogP contribution is 2.45. The van der Waals surface area contributed by atoms with Crippen molar-refractivity contribution in [2.24, 2.45) is 5.92 Å². The zero-order valence-electron chi connectivity index (χ0n) is 16.2. The number of benzene rings is 1. The fraction of sp³-hybridized carbons (Fsp3) is 0.619. The standard InChI is InChI=1S/C21H30O5/c1-5-25-19(23)13-21(16(2)3)12-11-20(4,26-21)18(22)15-24-14-17-9-7-6-8-10-17/h6-10,16H,5,11-15H2,1-4H3/t20-,21?/m1/s1. The quantitative estimate of drug-likeness (QED) is 0.627. The molecule has 1 aliphatic heterocycles. The summed E-state index contributed by atoms with van der Waals surface area (Å²) in [6.45, 7) is 8.35. The fourth-order valence-electron chi connectivity index (χ4n) is 3.38. The van der Waals surface area contributed by atoms with E-state index in [0.29, 0.717) is 26.1 Å². The summed E-state index contributed by atoms with van der Waals surface area (Å²) in [5.41, 5.74) is -0.555. The van der Waals surface area contributed by atoms with Crippen molar-refractivity contribution in [2.45, 2.75) is 64.8 Å². The first-order valence-electron chi connectivity index (χ1n) is 9.32. The second kappa shape index (κ2) is 8.78. The highest BCUT2D eigenvalue weighted by molar-refractivity contribution is 5.88. The van der Waals surface area contributed by atoms with Crippen LogP contribution < -0.4 is 0 Å². The van der Waals surface area contributed by atoms with Crippen LogP contribution in [-0.4, -0.2) is 36.2 Å². The normalized spacial score (nSPS) is 25.4. The molecule has 2 rings (SSSR count). The second-order valence-corrected chi connectivity index (χ2v) is 7.44. The van der Waals surface area contributed by atoms with Gasteiger partial charge >= 0.3 is 5.97 Å². The molecule has 0 spiro atoms. The van der Waals surface area contributed by atoms with Crippen LogP contribution in [0.1, 0.15) is 52.5 Å². The van der Waals surface area contributed by atoms with Crippen molar-refractivity contribution < 1.29 is 23.8 Å². The Hall–Kier alpha value is -1.72. The molecule has 0 aromatic heterocycles. The first-order valence-corrected chi connectivity index (χ1v) is 9.32. The van der Waals surface area contributed by atoms with Gasteiger partial charge in [0.05, 0.1) is 25.2 Å². The average Bonchev–Trinajstić information content (AvgIpc) is 2.95. The summed E-state index contributed by atoms with van der Waals surface area (Å²) in [5.74, 6) is -0.259. The van der Waals surface area contributed by atoms with Crippen LogP contribution in [0.2, 0.25) is 0 Å². The molecule has 1 aliphatic rings. The SMILES string of the molecule is CCOC(=O)CC1(C(C)C)CC[C@](C)(C(=O)COCc2ccccc2)O1. The zero-order chi connectivity index (χ0) is 19.2. The van der Waals surface area contributed by atoms with E-state index >= 15 is 0 Å². The van der Waals surface area contributed by atoms with Gasteiger partial charge in [0, 0.05) is 0 Å². The number of hydrogen-bond donors (Lipinski definition) is 0. The van der Waals surface area contributed by atoms with Gasteiger partial charge in [-0.15, -0.1) is 0 Å². The average molecular weight is 362 g/mol. The third kappa shape index (κ3) is 4.92. The summed E-state index contributed by atoms with van der Waals surface area (Å²) in [5, 5.41) is 0. The molecule has 144 valence electrons. The molecule has 1 aromatic carbocycles. The van der Waals surface area contributed by atoms with Crippen molar-refractivity contribution in [3.05, 3.63) is 35.9 Å². The molecule has 2 atom stereocenters. The number of Topliss-reactive ketones (excluding diaryl/α,β-unsaturated/α-hetero) is 1. The molecule has 1 heterocycles. The maximum Gasteiger partial charge on any atom is 0.308 e. The van der Waals surface area contributed by atoms with E-state index in [1.807, 2.05) is 44.2 Å². The Morgan fingerprint density at radius 2 is 1.88 bits per heavy atom. The Balaban J connectivity index is 1.95. The number of ketones is 1. The number of ether oxygens (including phenoxy) is 3. The van der Waals surface area contributed by atoms with E-state index in [9.17, 15) is 9.59 Å². The van der Waals surface area contributed by atoms with Crippen molar-refractivity contribution >= 4 is 11.8 Å². The van der Waals surface area contributed by atoms with E-state index < -0.39 is 11.2 Å². The van der Waals surface area contributed by atoms with E-state index in [4.69, 9.17) is 14.2 Å². The Labute approximate surface area is 156 Å². The Morgan fingerprint density at radius 1 is 1.19 bits per heavy atom. The summed E-state index contributed by atoms with van der Waals surface area (Å²) < 4.78 is 16.9. The minimum Gasteiger partial charge on any atom is -0.466 e. The number of rotatable bonds is 9. The van der Waals surface area contributed by atoms with Crippen LogP contribution in [0, 0.1) is 5.92 Å². The zero-order valence-corrected chi connectivity index (χ0v) is 16.2. The molecule has 1 saturated heterocycles. The lowest BCUT2D eigenvalue weighted by atomic mass is 9.84. The van der Waals surface area contributed by atoms with E-state index in [1.54, 1.807) is 13.8 Å². The highest BCUT2D eigenvalue weighted by atomic mass is 16.6. The molecule has 1 aromatic rings. The largest absolute Gasteiger partial charge is 0.466 e. The Kier molecular flexibility index (Phi) is 6.95. The highest BCUT2D eigenvalue weighted by Gasteiger charge is 2.52. The van der Waals surface area contributed by atoms with Gasteiger partial charge in [0.1, 0.15) is 12.2 Å². The van der Waals surface area contributed by atoms with Crippen molar-refractivity contribution in [3.63, 3.8) is 0 Å².